The number of carboxylic acid groups (broad SMARTS) is 1. The molecule has 0 bridgehead atoms. The van der Waals surface area contributed by atoms with Crippen molar-refractivity contribution >= 4 is 6.09 Å². The van der Waals surface area contributed by atoms with E-state index >= 15 is 0 Å². The van der Waals surface area contributed by atoms with Gasteiger partial charge in [0.2, 0.25) is 0 Å². The molecule has 0 saturated carbocycles. The van der Waals surface area contributed by atoms with E-state index in [-0.39, 0.29) is 24.4 Å². The smallest absolute Gasteiger partial charge is 0.407 e. The van der Waals surface area contributed by atoms with Crippen molar-refractivity contribution < 1.29 is 14.3 Å². The van der Waals surface area contributed by atoms with Crippen molar-refractivity contribution in [3.05, 3.63) is 0 Å². The summed E-state index contributed by atoms with van der Waals surface area (Å²) in [5.41, 5.74) is 5.57. The van der Waals surface area contributed by atoms with E-state index in [1.54, 1.807) is 0 Å². The first kappa shape index (κ1) is 12.2. The second-order valence-electron chi connectivity index (χ2n) is 5.24. The maximum atomic E-state index is 13.2. The lowest BCUT2D eigenvalue weighted by Gasteiger charge is -2.46. The predicted molar refractivity (Wildman–Crippen MR) is 55.5 cm³/mol. The Labute approximate surface area is 89.2 Å². The molecule has 1 fully saturated rings. The van der Waals surface area contributed by atoms with Crippen LogP contribution in [0.3, 0.4) is 0 Å². The van der Waals surface area contributed by atoms with Gasteiger partial charge < -0.3 is 15.7 Å². The van der Waals surface area contributed by atoms with Crippen LogP contribution in [0.2, 0.25) is 0 Å². The molecular weight excluding hydrogens is 199 g/mol. The van der Waals surface area contributed by atoms with Crippen LogP contribution in [0.5, 0.6) is 0 Å². The number of hydrogen-bond acceptors (Lipinski definition) is 2. The van der Waals surface area contributed by atoms with Crippen LogP contribution in [0.4, 0.5) is 9.18 Å². The first-order valence-corrected chi connectivity index (χ1v) is 5.12. The number of piperidine rings is 1. The van der Waals surface area contributed by atoms with Gasteiger partial charge in [0.15, 0.2) is 0 Å². The number of likely N-dealkylation sites (tertiary alicyclic amines) is 1. The first-order valence-electron chi connectivity index (χ1n) is 5.12. The number of nitrogens with two attached hydrogens (primary N) is 1. The van der Waals surface area contributed by atoms with E-state index in [1.165, 1.54) is 0 Å². The normalized spacial score (nSPS) is 32.9. The summed E-state index contributed by atoms with van der Waals surface area (Å²) >= 11 is 0. The van der Waals surface area contributed by atoms with E-state index in [0.717, 1.165) is 4.90 Å². The highest BCUT2D eigenvalue weighted by Gasteiger charge is 2.43. The summed E-state index contributed by atoms with van der Waals surface area (Å²) in [4.78, 5) is 12.1. The van der Waals surface area contributed by atoms with Crippen LogP contribution in [0, 0.1) is 5.41 Å². The zero-order valence-corrected chi connectivity index (χ0v) is 9.40. The van der Waals surface area contributed by atoms with Crippen LogP contribution in [-0.2, 0) is 0 Å². The van der Waals surface area contributed by atoms with Gasteiger partial charge in [0, 0.05) is 6.04 Å². The second-order valence-corrected chi connectivity index (χ2v) is 5.24. The number of carbonyl (C=O) groups is 1. The van der Waals surface area contributed by atoms with Crippen molar-refractivity contribution in [2.24, 2.45) is 11.1 Å². The quantitative estimate of drug-likeness (QED) is 0.646. The Morgan fingerprint density at radius 1 is 1.53 bits per heavy atom. The average Bonchev–Trinajstić information content (AvgIpc) is 1.99. The zero-order valence-electron chi connectivity index (χ0n) is 9.40. The summed E-state index contributed by atoms with van der Waals surface area (Å²) in [7, 11) is 0. The van der Waals surface area contributed by atoms with E-state index in [1.807, 2.05) is 20.8 Å². The number of nitrogens with zero attached hydrogens (tertiary/aromatic N) is 1. The molecule has 3 N–H and O–H groups in total. The molecule has 1 aliphatic rings. The van der Waals surface area contributed by atoms with Gasteiger partial charge in [-0.3, -0.25) is 0 Å². The molecule has 0 aromatic rings. The largest absolute Gasteiger partial charge is 0.465 e. The van der Waals surface area contributed by atoms with Crippen molar-refractivity contribution in [1.29, 1.82) is 0 Å². The lowest BCUT2D eigenvalue weighted by atomic mass is 9.78. The molecule has 1 saturated heterocycles. The van der Waals surface area contributed by atoms with Crippen LogP contribution >= 0.6 is 0 Å². The molecule has 5 heteroatoms. The minimum absolute atomic E-state index is 0.0645. The van der Waals surface area contributed by atoms with Crippen LogP contribution in [-0.4, -0.2) is 40.9 Å². The van der Waals surface area contributed by atoms with Crippen LogP contribution in [0.1, 0.15) is 27.2 Å². The molecule has 0 aliphatic carbocycles. The summed E-state index contributed by atoms with van der Waals surface area (Å²) in [6.07, 6.45) is -1.99. The van der Waals surface area contributed by atoms with E-state index in [9.17, 15) is 9.18 Å². The second kappa shape index (κ2) is 3.96. The van der Waals surface area contributed by atoms with E-state index in [2.05, 4.69) is 0 Å². The number of hydrogen-bond donors (Lipinski definition) is 2. The van der Waals surface area contributed by atoms with Crippen molar-refractivity contribution in [3.8, 4) is 0 Å². The fourth-order valence-corrected chi connectivity index (χ4v) is 2.36. The molecule has 88 valence electrons. The highest BCUT2D eigenvalue weighted by molar-refractivity contribution is 5.66. The van der Waals surface area contributed by atoms with E-state index < -0.39 is 18.3 Å². The molecule has 1 rings (SSSR count). The van der Waals surface area contributed by atoms with Crippen molar-refractivity contribution in [1.82, 2.24) is 4.90 Å². The minimum atomic E-state index is -1.14. The molecule has 1 amide bonds. The third-order valence-corrected chi connectivity index (χ3v) is 2.80. The number of rotatable bonds is 0. The third-order valence-electron chi connectivity index (χ3n) is 2.80. The fraction of sp³-hybridized carbons (Fsp3) is 0.900. The minimum Gasteiger partial charge on any atom is -0.465 e. The van der Waals surface area contributed by atoms with Crippen LogP contribution < -0.4 is 5.73 Å². The molecule has 1 aliphatic heterocycles. The summed E-state index contributed by atoms with van der Waals surface area (Å²) < 4.78 is 13.2. The molecule has 3 atom stereocenters. The monoisotopic (exact) mass is 218 g/mol. The molecule has 0 aromatic carbocycles. The number of halogens is 1. The maximum Gasteiger partial charge on any atom is 0.407 e. The molecule has 15 heavy (non-hydrogen) atoms. The van der Waals surface area contributed by atoms with Gasteiger partial charge in [-0.05, 0) is 11.8 Å². The Morgan fingerprint density at radius 3 is 2.47 bits per heavy atom. The van der Waals surface area contributed by atoms with E-state index in [0.29, 0.717) is 0 Å². The van der Waals surface area contributed by atoms with Crippen molar-refractivity contribution in [2.75, 3.05) is 6.54 Å². The molecule has 0 spiro atoms. The maximum absolute atomic E-state index is 13.2. The average molecular weight is 218 g/mol. The lowest BCUT2D eigenvalue weighted by Crippen LogP contribution is -2.62. The van der Waals surface area contributed by atoms with Crippen molar-refractivity contribution in [2.45, 2.75) is 45.4 Å². The standard InChI is InChI=1S/C10H19FN2O2/c1-10(2,3)8-7(12)4-6(11)5-13(8)9(14)15/h6-8H,4-5,12H2,1-3H3,(H,14,15)/t6-,7-,8?/m1/s1. The van der Waals surface area contributed by atoms with Crippen LogP contribution in [0.15, 0.2) is 0 Å². The Kier molecular flexibility index (Phi) is 3.23. The molecule has 1 unspecified atom stereocenters. The topological polar surface area (TPSA) is 66.6 Å². The fourth-order valence-electron chi connectivity index (χ4n) is 2.36. The molecule has 4 nitrogen and oxygen atoms in total. The van der Waals surface area contributed by atoms with Gasteiger partial charge in [0.05, 0.1) is 12.6 Å². The van der Waals surface area contributed by atoms with Gasteiger partial charge >= 0.3 is 6.09 Å². The predicted octanol–water partition coefficient (Wildman–Crippen LogP) is 1.45. The number of amides is 1. The summed E-state index contributed by atoms with van der Waals surface area (Å²) in [5.74, 6) is 0. The summed E-state index contributed by atoms with van der Waals surface area (Å²) in [5, 5.41) is 9.01. The molecule has 0 aromatic heterocycles. The van der Waals surface area contributed by atoms with Crippen LogP contribution in [0.25, 0.3) is 0 Å². The zero-order chi connectivity index (χ0) is 11.8. The Balaban J connectivity index is 2.93. The van der Waals surface area contributed by atoms with Gasteiger partial charge in [-0.1, -0.05) is 20.8 Å². The summed E-state index contributed by atoms with van der Waals surface area (Å²) in [6.45, 7) is 5.70. The Morgan fingerprint density at radius 2 is 2.07 bits per heavy atom. The first-order chi connectivity index (χ1) is 6.73. The van der Waals surface area contributed by atoms with Gasteiger partial charge in [-0.2, -0.15) is 0 Å². The van der Waals surface area contributed by atoms with Gasteiger partial charge in [-0.15, -0.1) is 0 Å². The van der Waals surface area contributed by atoms with Gasteiger partial charge in [-0.25, -0.2) is 9.18 Å². The van der Waals surface area contributed by atoms with Gasteiger partial charge in [0.25, 0.3) is 0 Å². The summed E-state index contributed by atoms with van der Waals surface area (Å²) in [6, 6.07) is -0.744. The van der Waals surface area contributed by atoms with Crippen molar-refractivity contribution in [3.63, 3.8) is 0 Å². The highest BCUT2D eigenvalue weighted by atomic mass is 19.1. The number of alkyl halides is 1. The van der Waals surface area contributed by atoms with E-state index in [4.69, 9.17) is 10.8 Å². The Bertz CT molecular complexity index is 252. The molecular formula is C10H19FN2O2. The third kappa shape index (κ3) is 2.59. The van der Waals surface area contributed by atoms with Gasteiger partial charge in [0.1, 0.15) is 6.17 Å². The Hall–Kier alpha value is -0.840. The molecule has 0 radical (unpaired) electrons. The molecule has 1 heterocycles. The SMILES string of the molecule is CC(C)(C)C1[C@H](N)C[C@@H](F)CN1C(=O)O. The highest BCUT2D eigenvalue weighted by Crippen LogP contribution is 2.32. The lowest BCUT2D eigenvalue weighted by molar-refractivity contribution is 0.0176.